The minimum atomic E-state index is 0.139. The number of ether oxygens (including phenoxy) is 1. The average Bonchev–Trinajstić information content (AvgIpc) is 2.78. The highest BCUT2D eigenvalue weighted by Gasteiger charge is 2.11. The van der Waals surface area contributed by atoms with E-state index < -0.39 is 0 Å². The highest BCUT2D eigenvalue weighted by atomic mass is 16.5. The van der Waals surface area contributed by atoms with Crippen molar-refractivity contribution >= 4 is 0 Å². The van der Waals surface area contributed by atoms with E-state index in [1.54, 1.807) is 7.11 Å². The van der Waals surface area contributed by atoms with E-state index in [0.717, 1.165) is 41.5 Å². The molecular weight excluding hydrogens is 262 g/mol. The first-order valence-corrected chi connectivity index (χ1v) is 7.34. The third kappa shape index (κ3) is 4.33. The van der Waals surface area contributed by atoms with E-state index >= 15 is 0 Å². The molecule has 0 atom stereocenters. The number of benzene rings is 1. The molecule has 0 unspecified atom stereocenters. The van der Waals surface area contributed by atoms with E-state index in [0.29, 0.717) is 0 Å². The van der Waals surface area contributed by atoms with Crippen molar-refractivity contribution in [3.63, 3.8) is 0 Å². The van der Waals surface area contributed by atoms with Crippen molar-refractivity contribution in [2.75, 3.05) is 13.7 Å². The molecule has 1 heterocycles. The molecule has 114 valence electrons. The first-order chi connectivity index (χ1) is 9.89. The predicted octanol–water partition coefficient (Wildman–Crippen LogP) is 3.32. The number of rotatable bonds is 5. The number of nitrogens with zero attached hydrogens (tertiary/aromatic N) is 1. The Morgan fingerprint density at radius 3 is 2.43 bits per heavy atom. The Morgan fingerprint density at radius 1 is 1.19 bits per heavy atom. The molecule has 0 aliphatic heterocycles. The second-order valence-corrected chi connectivity index (χ2v) is 6.31. The lowest BCUT2D eigenvalue weighted by molar-refractivity contribution is 0.415. The summed E-state index contributed by atoms with van der Waals surface area (Å²) in [5.74, 6) is 1.89. The minimum Gasteiger partial charge on any atom is -0.497 e. The van der Waals surface area contributed by atoms with E-state index in [4.69, 9.17) is 9.72 Å². The number of hydrogen-bond acceptors (Lipinski definition) is 3. The molecule has 0 radical (unpaired) electrons. The molecule has 21 heavy (non-hydrogen) atoms. The first-order valence-electron chi connectivity index (χ1n) is 7.34. The molecule has 1 aromatic carbocycles. The van der Waals surface area contributed by atoms with Crippen molar-refractivity contribution in [1.82, 2.24) is 15.3 Å². The van der Waals surface area contributed by atoms with Gasteiger partial charge < -0.3 is 15.0 Å². The van der Waals surface area contributed by atoms with Crippen LogP contribution in [0.15, 0.2) is 24.3 Å². The van der Waals surface area contributed by atoms with Crippen molar-refractivity contribution in [3.8, 4) is 17.0 Å². The Morgan fingerprint density at radius 2 is 1.86 bits per heavy atom. The van der Waals surface area contributed by atoms with Crippen LogP contribution in [0.25, 0.3) is 11.3 Å². The zero-order valence-electron chi connectivity index (χ0n) is 13.6. The van der Waals surface area contributed by atoms with Gasteiger partial charge in [-0.1, -0.05) is 0 Å². The van der Waals surface area contributed by atoms with E-state index in [1.165, 1.54) is 0 Å². The van der Waals surface area contributed by atoms with Gasteiger partial charge in [-0.3, -0.25) is 0 Å². The van der Waals surface area contributed by atoms with E-state index in [-0.39, 0.29) is 5.54 Å². The summed E-state index contributed by atoms with van der Waals surface area (Å²) in [6.45, 7) is 9.49. The van der Waals surface area contributed by atoms with Gasteiger partial charge in [0.05, 0.1) is 12.8 Å². The van der Waals surface area contributed by atoms with Crippen molar-refractivity contribution in [2.45, 2.75) is 39.7 Å². The van der Waals surface area contributed by atoms with Crippen LogP contribution in [0, 0.1) is 6.92 Å². The standard InChI is InChI=1S/C17H25N3O/c1-12-16(13-6-8-14(21-5)9-7-13)20-15(19-12)10-11-18-17(2,3)4/h6-9,18H,10-11H2,1-5H3,(H,19,20). The maximum absolute atomic E-state index is 5.19. The molecule has 0 aliphatic carbocycles. The summed E-state index contributed by atoms with van der Waals surface area (Å²) in [5, 5.41) is 3.48. The molecule has 0 spiro atoms. The molecule has 2 rings (SSSR count). The number of nitrogens with one attached hydrogen (secondary N) is 2. The van der Waals surface area contributed by atoms with Gasteiger partial charge in [-0.05, 0) is 52.0 Å². The molecule has 0 saturated carbocycles. The van der Waals surface area contributed by atoms with Crippen molar-refractivity contribution < 1.29 is 4.74 Å². The molecular formula is C17H25N3O. The number of H-pyrrole nitrogens is 1. The number of aryl methyl sites for hydroxylation is 1. The smallest absolute Gasteiger partial charge is 0.118 e. The number of aromatic nitrogens is 2. The van der Waals surface area contributed by atoms with Gasteiger partial charge in [0.25, 0.3) is 0 Å². The van der Waals surface area contributed by atoms with Crippen LogP contribution in [-0.4, -0.2) is 29.2 Å². The van der Waals surface area contributed by atoms with Crippen LogP contribution in [0.4, 0.5) is 0 Å². The number of aromatic amines is 1. The fraction of sp³-hybridized carbons (Fsp3) is 0.471. The van der Waals surface area contributed by atoms with Crippen LogP contribution >= 0.6 is 0 Å². The summed E-state index contributed by atoms with van der Waals surface area (Å²) in [4.78, 5) is 8.09. The molecule has 0 aliphatic rings. The van der Waals surface area contributed by atoms with Gasteiger partial charge in [-0.2, -0.15) is 0 Å². The third-order valence-electron chi connectivity index (χ3n) is 3.31. The van der Waals surface area contributed by atoms with E-state index in [1.807, 2.05) is 24.3 Å². The second kappa shape index (κ2) is 6.31. The number of imidazole rings is 1. The first kappa shape index (κ1) is 15.6. The SMILES string of the molecule is COc1ccc(-c2nc(CCNC(C)(C)C)[nH]c2C)cc1. The van der Waals surface area contributed by atoms with Gasteiger partial charge in [-0.15, -0.1) is 0 Å². The van der Waals surface area contributed by atoms with E-state index in [2.05, 4.69) is 38.0 Å². The van der Waals surface area contributed by atoms with Gasteiger partial charge in [0.2, 0.25) is 0 Å². The molecule has 0 bridgehead atoms. The Balaban J connectivity index is 2.07. The van der Waals surface area contributed by atoms with Gasteiger partial charge in [0, 0.05) is 29.8 Å². The van der Waals surface area contributed by atoms with Crippen LogP contribution < -0.4 is 10.1 Å². The summed E-state index contributed by atoms with van der Waals surface area (Å²) in [7, 11) is 1.68. The van der Waals surface area contributed by atoms with Crippen molar-refractivity contribution in [1.29, 1.82) is 0 Å². The summed E-state index contributed by atoms with van der Waals surface area (Å²) < 4.78 is 5.19. The zero-order chi connectivity index (χ0) is 15.5. The Hall–Kier alpha value is -1.81. The fourth-order valence-electron chi connectivity index (χ4n) is 2.23. The van der Waals surface area contributed by atoms with E-state index in [9.17, 15) is 0 Å². The molecule has 4 heteroatoms. The number of hydrogen-bond donors (Lipinski definition) is 2. The lowest BCUT2D eigenvalue weighted by atomic mass is 10.1. The van der Waals surface area contributed by atoms with Crippen LogP contribution in [0.5, 0.6) is 5.75 Å². The Bertz CT molecular complexity index is 579. The van der Waals surface area contributed by atoms with Gasteiger partial charge >= 0.3 is 0 Å². The molecule has 0 saturated heterocycles. The molecule has 0 amide bonds. The second-order valence-electron chi connectivity index (χ2n) is 6.31. The summed E-state index contributed by atoms with van der Waals surface area (Å²) in [5.41, 5.74) is 3.37. The fourth-order valence-corrected chi connectivity index (χ4v) is 2.23. The average molecular weight is 287 g/mol. The summed E-state index contributed by atoms with van der Waals surface area (Å²) in [6, 6.07) is 8.01. The highest BCUT2D eigenvalue weighted by Crippen LogP contribution is 2.23. The zero-order valence-corrected chi connectivity index (χ0v) is 13.6. The predicted molar refractivity (Wildman–Crippen MR) is 86.8 cm³/mol. The quantitative estimate of drug-likeness (QED) is 0.887. The van der Waals surface area contributed by atoms with Crippen LogP contribution in [0.2, 0.25) is 0 Å². The maximum atomic E-state index is 5.19. The molecule has 2 aromatic rings. The molecule has 1 aromatic heterocycles. The van der Waals surface area contributed by atoms with Crippen LogP contribution in [-0.2, 0) is 6.42 Å². The largest absolute Gasteiger partial charge is 0.497 e. The summed E-state index contributed by atoms with van der Waals surface area (Å²) >= 11 is 0. The minimum absolute atomic E-state index is 0.139. The van der Waals surface area contributed by atoms with Gasteiger partial charge in [0.1, 0.15) is 11.6 Å². The summed E-state index contributed by atoms with van der Waals surface area (Å²) in [6.07, 6.45) is 0.897. The maximum Gasteiger partial charge on any atom is 0.118 e. The van der Waals surface area contributed by atoms with Crippen molar-refractivity contribution in [2.24, 2.45) is 0 Å². The normalized spacial score (nSPS) is 11.7. The van der Waals surface area contributed by atoms with Gasteiger partial charge in [0.15, 0.2) is 0 Å². The van der Waals surface area contributed by atoms with Crippen LogP contribution in [0.1, 0.15) is 32.3 Å². The highest BCUT2D eigenvalue weighted by molar-refractivity contribution is 5.62. The van der Waals surface area contributed by atoms with Crippen molar-refractivity contribution in [3.05, 3.63) is 35.8 Å². The third-order valence-corrected chi connectivity index (χ3v) is 3.31. The topological polar surface area (TPSA) is 49.9 Å². The lowest BCUT2D eigenvalue weighted by Gasteiger charge is -2.19. The Labute approximate surface area is 127 Å². The Kier molecular flexibility index (Phi) is 4.68. The molecule has 0 fully saturated rings. The lowest BCUT2D eigenvalue weighted by Crippen LogP contribution is -2.37. The monoisotopic (exact) mass is 287 g/mol. The van der Waals surface area contributed by atoms with Gasteiger partial charge in [-0.25, -0.2) is 4.98 Å². The number of methoxy groups -OCH3 is 1. The van der Waals surface area contributed by atoms with Crippen LogP contribution in [0.3, 0.4) is 0 Å². The molecule has 4 nitrogen and oxygen atoms in total. The molecule has 2 N–H and O–H groups in total.